The molecule has 0 radical (unpaired) electrons. The SMILES string of the molecule is CCNCCCNC(=O)CC1CCCO1. The number of hydrogen-bond donors (Lipinski definition) is 2. The third-order valence-electron chi connectivity index (χ3n) is 2.54. The molecule has 1 amide bonds. The summed E-state index contributed by atoms with van der Waals surface area (Å²) in [4.78, 5) is 11.4. The van der Waals surface area contributed by atoms with Gasteiger partial charge >= 0.3 is 0 Å². The zero-order valence-corrected chi connectivity index (χ0v) is 9.55. The highest BCUT2D eigenvalue weighted by Gasteiger charge is 2.18. The van der Waals surface area contributed by atoms with Crippen LogP contribution in [-0.4, -0.2) is 38.3 Å². The van der Waals surface area contributed by atoms with Gasteiger partial charge in [-0.15, -0.1) is 0 Å². The maximum Gasteiger partial charge on any atom is 0.222 e. The molecule has 1 unspecified atom stereocenters. The molecule has 0 spiro atoms. The van der Waals surface area contributed by atoms with Crippen LogP contribution in [0.3, 0.4) is 0 Å². The second-order valence-corrected chi connectivity index (χ2v) is 3.90. The average molecular weight is 214 g/mol. The van der Waals surface area contributed by atoms with Gasteiger partial charge in [0.05, 0.1) is 12.5 Å². The molecule has 88 valence electrons. The van der Waals surface area contributed by atoms with Crippen molar-refractivity contribution in [3.05, 3.63) is 0 Å². The van der Waals surface area contributed by atoms with E-state index in [0.717, 1.165) is 45.5 Å². The summed E-state index contributed by atoms with van der Waals surface area (Å²) in [6.45, 7) is 5.62. The lowest BCUT2D eigenvalue weighted by atomic mass is 10.2. The maximum absolute atomic E-state index is 11.4. The van der Waals surface area contributed by atoms with Gasteiger partial charge in [-0.2, -0.15) is 0 Å². The van der Waals surface area contributed by atoms with E-state index in [9.17, 15) is 4.79 Å². The Morgan fingerprint density at radius 1 is 1.47 bits per heavy atom. The standard InChI is InChI=1S/C11H22N2O2/c1-2-12-6-4-7-13-11(14)9-10-5-3-8-15-10/h10,12H,2-9H2,1H3,(H,13,14). The Morgan fingerprint density at radius 2 is 2.33 bits per heavy atom. The summed E-state index contributed by atoms with van der Waals surface area (Å²) >= 11 is 0. The van der Waals surface area contributed by atoms with Crippen molar-refractivity contribution in [2.75, 3.05) is 26.2 Å². The highest BCUT2D eigenvalue weighted by Crippen LogP contribution is 2.14. The molecule has 0 aliphatic carbocycles. The van der Waals surface area contributed by atoms with E-state index in [1.54, 1.807) is 0 Å². The van der Waals surface area contributed by atoms with Crippen molar-refractivity contribution >= 4 is 5.91 Å². The summed E-state index contributed by atoms with van der Waals surface area (Å²) in [5.41, 5.74) is 0. The number of nitrogens with one attached hydrogen (secondary N) is 2. The van der Waals surface area contributed by atoms with Gasteiger partial charge in [0.25, 0.3) is 0 Å². The van der Waals surface area contributed by atoms with Crippen LogP contribution in [0.25, 0.3) is 0 Å². The van der Waals surface area contributed by atoms with Gasteiger partial charge in [0.15, 0.2) is 0 Å². The van der Waals surface area contributed by atoms with Crippen molar-refractivity contribution in [1.82, 2.24) is 10.6 Å². The smallest absolute Gasteiger partial charge is 0.222 e. The van der Waals surface area contributed by atoms with Gasteiger partial charge in [0.2, 0.25) is 5.91 Å². The monoisotopic (exact) mass is 214 g/mol. The molecule has 1 aliphatic heterocycles. The topological polar surface area (TPSA) is 50.4 Å². The van der Waals surface area contributed by atoms with Gasteiger partial charge in [-0.3, -0.25) is 4.79 Å². The van der Waals surface area contributed by atoms with Crippen LogP contribution in [0.4, 0.5) is 0 Å². The minimum Gasteiger partial charge on any atom is -0.378 e. The van der Waals surface area contributed by atoms with E-state index in [1.807, 2.05) is 0 Å². The number of amides is 1. The molecule has 15 heavy (non-hydrogen) atoms. The van der Waals surface area contributed by atoms with Crippen LogP contribution in [0.1, 0.15) is 32.6 Å². The molecule has 4 nitrogen and oxygen atoms in total. The summed E-state index contributed by atoms with van der Waals surface area (Å²) in [6, 6.07) is 0. The fourth-order valence-corrected chi connectivity index (χ4v) is 1.70. The van der Waals surface area contributed by atoms with Crippen molar-refractivity contribution < 1.29 is 9.53 Å². The van der Waals surface area contributed by atoms with Gasteiger partial charge < -0.3 is 15.4 Å². The molecule has 0 aromatic rings. The molecule has 1 fully saturated rings. The van der Waals surface area contributed by atoms with Crippen molar-refractivity contribution in [1.29, 1.82) is 0 Å². The summed E-state index contributed by atoms with van der Waals surface area (Å²) in [5, 5.41) is 6.13. The van der Waals surface area contributed by atoms with Crippen LogP contribution in [0.15, 0.2) is 0 Å². The fourth-order valence-electron chi connectivity index (χ4n) is 1.70. The van der Waals surface area contributed by atoms with Gasteiger partial charge in [-0.05, 0) is 32.4 Å². The van der Waals surface area contributed by atoms with Crippen LogP contribution in [0, 0.1) is 0 Å². The molecule has 0 saturated carbocycles. The van der Waals surface area contributed by atoms with Crippen molar-refractivity contribution in [3.63, 3.8) is 0 Å². The van der Waals surface area contributed by atoms with E-state index in [2.05, 4.69) is 17.6 Å². The predicted octanol–water partition coefficient (Wildman–Crippen LogP) is 0.671. The van der Waals surface area contributed by atoms with E-state index < -0.39 is 0 Å². The Labute approximate surface area is 91.8 Å². The Bertz CT molecular complexity index is 179. The van der Waals surface area contributed by atoms with E-state index in [4.69, 9.17) is 4.74 Å². The molecule has 1 heterocycles. The summed E-state index contributed by atoms with van der Waals surface area (Å²) in [6.07, 6.45) is 3.81. The summed E-state index contributed by atoms with van der Waals surface area (Å²) in [5.74, 6) is 0.124. The normalized spacial score (nSPS) is 20.5. The second-order valence-electron chi connectivity index (χ2n) is 3.90. The summed E-state index contributed by atoms with van der Waals surface area (Å²) < 4.78 is 5.40. The third-order valence-corrected chi connectivity index (χ3v) is 2.54. The first-order valence-corrected chi connectivity index (χ1v) is 5.92. The van der Waals surface area contributed by atoms with E-state index in [0.29, 0.717) is 6.42 Å². The number of carbonyl (C=O) groups is 1. The lowest BCUT2D eigenvalue weighted by molar-refractivity contribution is -0.123. The minimum absolute atomic E-state index is 0.124. The molecule has 4 heteroatoms. The molecular weight excluding hydrogens is 192 g/mol. The zero-order valence-electron chi connectivity index (χ0n) is 9.55. The molecule has 0 bridgehead atoms. The van der Waals surface area contributed by atoms with Crippen LogP contribution in [0.2, 0.25) is 0 Å². The van der Waals surface area contributed by atoms with E-state index in [1.165, 1.54) is 0 Å². The molecule has 1 rings (SSSR count). The van der Waals surface area contributed by atoms with Crippen LogP contribution in [-0.2, 0) is 9.53 Å². The molecule has 1 atom stereocenters. The molecule has 2 N–H and O–H groups in total. The van der Waals surface area contributed by atoms with Gasteiger partial charge in [-0.1, -0.05) is 6.92 Å². The largest absolute Gasteiger partial charge is 0.378 e. The predicted molar refractivity (Wildman–Crippen MR) is 59.8 cm³/mol. The molecule has 1 aliphatic rings. The molecule has 0 aromatic heterocycles. The Hall–Kier alpha value is -0.610. The summed E-state index contributed by atoms with van der Waals surface area (Å²) in [7, 11) is 0. The van der Waals surface area contributed by atoms with Crippen LogP contribution in [0.5, 0.6) is 0 Å². The number of ether oxygens (including phenoxy) is 1. The van der Waals surface area contributed by atoms with Crippen LogP contribution >= 0.6 is 0 Å². The molecule has 1 saturated heterocycles. The van der Waals surface area contributed by atoms with Gasteiger partial charge in [0.1, 0.15) is 0 Å². The lowest BCUT2D eigenvalue weighted by Crippen LogP contribution is -2.29. The first-order valence-electron chi connectivity index (χ1n) is 5.92. The Morgan fingerprint density at radius 3 is 3.00 bits per heavy atom. The van der Waals surface area contributed by atoms with Crippen LogP contribution < -0.4 is 10.6 Å². The van der Waals surface area contributed by atoms with Gasteiger partial charge in [-0.25, -0.2) is 0 Å². The fraction of sp³-hybridized carbons (Fsp3) is 0.909. The van der Waals surface area contributed by atoms with E-state index >= 15 is 0 Å². The number of carbonyl (C=O) groups excluding carboxylic acids is 1. The maximum atomic E-state index is 11.4. The first kappa shape index (κ1) is 12.5. The quantitative estimate of drug-likeness (QED) is 0.612. The van der Waals surface area contributed by atoms with Gasteiger partial charge in [0, 0.05) is 13.2 Å². The highest BCUT2D eigenvalue weighted by molar-refractivity contribution is 5.76. The second kappa shape index (κ2) is 7.65. The van der Waals surface area contributed by atoms with Crippen molar-refractivity contribution in [3.8, 4) is 0 Å². The zero-order chi connectivity index (χ0) is 10.9. The minimum atomic E-state index is 0.124. The number of rotatable bonds is 7. The Kier molecular flexibility index (Phi) is 6.36. The third kappa shape index (κ3) is 5.74. The van der Waals surface area contributed by atoms with Crippen molar-refractivity contribution in [2.45, 2.75) is 38.7 Å². The lowest BCUT2D eigenvalue weighted by Gasteiger charge is -2.09. The molecular formula is C11H22N2O2. The van der Waals surface area contributed by atoms with Crippen molar-refractivity contribution in [2.24, 2.45) is 0 Å². The average Bonchev–Trinajstić information content (AvgIpc) is 2.70. The molecule has 0 aromatic carbocycles. The Balaban J connectivity index is 1.93. The highest BCUT2D eigenvalue weighted by atomic mass is 16.5. The first-order chi connectivity index (χ1) is 7.33. The van der Waals surface area contributed by atoms with E-state index in [-0.39, 0.29) is 12.0 Å². The number of hydrogen-bond acceptors (Lipinski definition) is 3.